The Morgan fingerprint density at radius 2 is 1.95 bits per heavy atom. The normalized spacial score (nSPS) is 17.4. The van der Waals surface area contributed by atoms with E-state index in [1.165, 1.54) is 37.1 Å². The van der Waals surface area contributed by atoms with Crippen LogP contribution in [-0.4, -0.2) is 27.8 Å². The fourth-order valence-electron chi connectivity index (χ4n) is 3.03. The summed E-state index contributed by atoms with van der Waals surface area (Å²) in [4.78, 5) is 2.59. The summed E-state index contributed by atoms with van der Waals surface area (Å²) in [6.45, 7) is 6.80. The molecule has 20 heavy (non-hydrogen) atoms. The third-order valence-corrected chi connectivity index (χ3v) is 4.37. The lowest BCUT2D eigenvalue weighted by molar-refractivity contribution is 0.164. The molecule has 3 rings (SSSR count). The van der Waals surface area contributed by atoms with Crippen LogP contribution in [0.3, 0.4) is 0 Å². The first-order valence-electron chi connectivity index (χ1n) is 7.55. The van der Waals surface area contributed by atoms with Gasteiger partial charge >= 0.3 is 0 Å². The minimum Gasteiger partial charge on any atom is -0.299 e. The molecule has 1 aromatic carbocycles. The molecule has 2 heterocycles. The molecule has 0 N–H and O–H groups in total. The molecule has 106 valence electrons. The molecule has 1 aliphatic rings. The van der Waals surface area contributed by atoms with Crippen molar-refractivity contribution in [2.24, 2.45) is 5.92 Å². The second-order valence-electron chi connectivity index (χ2n) is 5.87. The topological polar surface area (TPSA) is 21.1 Å². The molecule has 3 nitrogen and oxygen atoms in total. The molecule has 0 aliphatic carbocycles. The van der Waals surface area contributed by atoms with E-state index in [1.54, 1.807) is 0 Å². The number of aromatic nitrogens is 2. The smallest absolute Gasteiger partial charge is 0.0489 e. The molecule has 0 saturated carbocycles. The van der Waals surface area contributed by atoms with Gasteiger partial charge in [-0.05, 0) is 56.0 Å². The van der Waals surface area contributed by atoms with E-state index in [1.807, 2.05) is 12.3 Å². The Morgan fingerprint density at radius 1 is 1.15 bits per heavy atom. The molecule has 1 aromatic heterocycles. The summed E-state index contributed by atoms with van der Waals surface area (Å²) in [6, 6.07) is 10.7. The summed E-state index contributed by atoms with van der Waals surface area (Å²) in [5, 5.41) is 4.31. The van der Waals surface area contributed by atoms with Crippen LogP contribution >= 0.6 is 0 Å². The average Bonchev–Trinajstić information content (AvgIpc) is 2.96. The highest BCUT2D eigenvalue weighted by molar-refractivity contribution is 5.25. The summed E-state index contributed by atoms with van der Waals surface area (Å²) < 4.78 is 2.07. The highest BCUT2D eigenvalue weighted by atomic mass is 15.3. The van der Waals surface area contributed by atoms with Crippen molar-refractivity contribution in [1.29, 1.82) is 0 Å². The number of rotatable bonds is 4. The first-order chi connectivity index (χ1) is 9.81. The quantitative estimate of drug-likeness (QED) is 0.850. The highest BCUT2D eigenvalue weighted by Gasteiger charge is 2.19. The first-order valence-corrected chi connectivity index (χ1v) is 7.55. The molecule has 0 spiro atoms. The average molecular weight is 269 g/mol. The molecule has 0 radical (unpaired) electrons. The minimum absolute atomic E-state index is 0.781. The monoisotopic (exact) mass is 269 g/mol. The second kappa shape index (κ2) is 6.23. The van der Waals surface area contributed by atoms with Crippen molar-refractivity contribution in [2.75, 3.05) is 13.1 Å². The van der Waals surface area contributed by atoms with Gasteiger partial charge in [0, 0.05) is 25.5 Å². The van der Waals surface area contributed by atoms with E-state index in [4.69, 9.17) is 0 Å². The van der Waals surface area contributed by atoms with E-state index in [-0.39, 0.29) is 0 Å². The van der Waals surface area contributed by atoms with Gasteiger partial charge in [-0.2, -0.15) is 5.10 Å². The Hall–Kier alpha value is -1.61. The second-order valence-corrected chi connectivity index (χ2v) is 5.87. The molecule has 1 fully saturated rings. The lowest BCUT2D eigenvalue weighted by Gasteiger charge is -2.32. The summed E-state index contributed by atoms with van der Waals surface area (Å²) in [5.41, 5.74) is 2.88. The van der Waals surface area contributed by atoms with Crippen molar-refractivity contribution in [3.63, 3.8) is 0 Å². The Bertz CT molecular complexity index is 525. The van der Waals surface area contributed by atoms with E-state index in [0.717, 1.165) is 19.0 Å². The van der Waals surface area contributed by atoms with Crippen LogP contribution in [0.15, 0.2) is 42.7 Å². The Labute approximate surface area is 121 Å². The van der Waals surface area contributed by atoms with Gasteiger partial charge in [0.15, 0.2) is 0 Å². The van der Waals surface area contributed by atoms with E-state index in [0.29, 0.717) is 0 Å². The molecule has 0 bridgehead atoms. The number of hydrogen-bond acceptors (Lipinski definition) is 2. The molecule has 1 saturated heterocycles. The van der Waals surface area contributed by atoms with Gasteiger partial charge < -0.3 is 0 Å². The maximum absolute atomic E-state index is 4.31. The lowest BCUT2D eigenvalue weighted by Crippen LogP contribution is -2.34. The van der Waals surface area contributed by atoms with Crippen LogP contribution < -0.4 is 0 Å². The van der Waals surface area contributed by atoms with Crippen molar-refractivity contribution < 1.29 is 0 Å². The number of hydrogen-bond donors (Lipinski definition) is 0. The van der Waals surface area contributed by atoms with Crippen LogP contribution in [0.25, 0.3) is 0 Å². The first kappa shape index (κ1) is 13.4. The largest absolute Gasteiger partial charge is 0.299 e. The maximum Gasteiger partial charge on any atom is 0.0489 e. The molecule has 2 aromatic rings. The lowest BCUT2D eigenvalue weighted by atomic mass is 9.96. The van der Waals surface area contributed by atoms with Gasteiger partial charge in [-0.25, -0.2) is 0 Å². The minimum atomic E-state index is 0.781. The van der Waals surface area contributed by atoms with Crippen LogP contribution in [0.2, 0.25) is 0 Å². The fourth-order valence-corrected chi connectivity index (χ4v) is 3.03. The van der Waals surface area contributed by atoms with E-state index >= 15 is 0 Å². The van der Waals surface area contributed by atoms with Crippen molar-refractivity contribution in [2.45, 2.75) is 32.9 Å². The zero-order chi connectivity index (χ0) is 13.8. The summed E-state index contributed by atoms with van der Waals surface area (Å²) in [5.74, 6) is 0.781. The van der Waals surface area contributed by atoms with Gasteiger partial charge in [0.05, 0.1) is 0 Å². The summed E-state index contributed by atoms with van der Waals surface area (Å²) in [6.07, 6.45) is 6.50. The van der Waals surface area contributed by atoms with Crippen LogP contribution in [0.4, 0.5) is 0 Å². The number of piperidine rings is 1. The molecule has 0 unspecified atom stereocenters. The highest BCUT2D eigenvalue weighted by Crippen LogP contribution is 2.21. The maximum atomic E-state index is 4.31. The molecule has 1 aliphatic heterocycles. The third kappa shape index (κ3) is 3.28. The third-order valence-electron chi connectivity index (χ3n) is 4.37. The van der Waals surface area contributed by atoms with Crippen LogP contribution in [0, 0.1) is 12.8 Å². The molecule has 0 atom stereocenters. The van der Waals surface area contributed by atoms with Gasteiger partial charge in [-0.1, -0.05) is 24.3 Å². The van der Waals surface area contributed by atoms with Gasteiger partial charge in [-0.15, -0.1) is 0 Å². The van der Waals surface area contributed by atoms with Crippen molar-refractivity contribution in [3.8, 4) is 0 Å². The van der Waals surface area contributed by atoms with Crippen LogP contribution in [0.1, 0.15) is 24.0 Å². The number of aryl methyl sites for hydroxylation is 1. The SMILES string of the molecule is Cc1ccccc1CN1CCC(Cn2cccn2)CC1. The Balaban J connectivity index is 1.50. The molecule has 3 heteroatoms. The Morgan fingerprint density at radius 3 is 2.65 bits per heavy atom. The van der Waals surface area contributed by atoms with Crippen LogP contribution in [0.5, 0.6) is 0 Å². The summed E-state index contributed by atoms with van der Waals surface area (Å²) >= 11 is 0. The van der Waals surface area contributed by atoms with Crippen molar-refractivity contribution in [3.05, 3.63) is 53.9 Å². The zero-order valence-corrected chi connectivity index (χ0v) is 12.2. The van der Waals surface area contributed by atoms with E-state index in [2.05, 4.69) is 52.1 Å². The fraction of sp³-hybridized carbons (Fsp3) is 0.471. The van der Waals surface area contributed by atoms with Gasteiger partial charge in [0.25, 0.3) is 0 Å². The van der Waals surface area contributed by atoms with Gasteiger partial charge in [0.2, 0.25) is 0 Å². The van der Waals surface area contributed by atoms with E-state index in [9.17, 15) is 0 Å². The van der Waals surface area contributed by atoms with E-state index < -0.39 is 0 Å². The number of likely N-dealkylation sites (tertiary alicyclic amines) is 1. The van der Waals surface area contributed by atoms with Crippen molar-refractivity contribution in [1.82, 2.24) is 14.7 Å². The zero-order valence-electron chi connectivity index (χ0n) is 12.2. The van der Waals surface area contributed by atoms with Gasteiger partial charge in [-0.3, -0.25) is 9.58 Å². The molecule has 0 amide bonds. The van der Waals surface area contributed by atoms with Crippen LogP contribution in [-0.2, 0) is 13.1 Å². The summed E-state index contributed by atoms with van der Waals surface area (Å²) in [7, 11) is 0. The predicted octanol–water partition coefficient (Wildman–Crippen LogP) is 3.10. The standard InChI is InChI=1S/C17H23N3/c1-15-5-2-3-6-17(15)14-19-11-7-16(8-12-19)13-20-10-4-9-18-20/h2-6,9-10,16H,7-8,11-14H2,1H3. The van der Waals surface area contributed by atoms with Gasteiger partial charge in [0.1, 0.15) is 0 Å². The number of benzene rings is 1. The predicted molar refractivity (Wildman–Crippen MR) is 81.4 cm³/mol. The number of nitrogens with zero attached hydrogens (tertiary/aromatic N) is 3. The molecular formula is C17H23N3. The Kier molecular flexibility index (Phi) is 4.16. The van der Waals surface area contributed by atoms with Crippen molar-refractivity contribution >= 4 is 0 Å². The molecular weight excluding hydrogens is 246 g/mol.